The molecule has 0 radical (unpaired) electrons. The van der Waals surface area contributed by atoms with Crippen LogP contribution in [0.25, 0.3) is 0 Å². The van der Waals surface area contributed by atoms with E-state index in [1.165, 1.54) is 12.8 Å². The van der Waals surface area contributed by atoms with Crippen molar-refractivity contribution in [3.05, 3.63) is 29.8 Å². The molecule has 1 unspecified atom stereocenters. The van der Waals surface area contributed by atoms with Gasteiger partial charge in [-0.3, -0.25) is 9.69 Å². The molecule has 0 aliphatic carbocycles. The zero-order chi connectivity index (χ0) is 15.2. The summed E-state index contributed by atoms with van der Waals surface area (Å²) < 4.78 is 5.51. The highest BCUT2D eigenvalue weighted by atomic mass is 16.5. The lowest BCUT2D eigenvalue weighted by Crippen LogP contribution is -2.41. The number of hydrogen-bond donors (Lipinski definition) is 1. The Balaban J connectivity index is 2.20. The molecule has 1 atom stereocenters. The van der Waals surface area contributed by atoms with Gasteiger partial charge in [0.25, 0.3) is 0 Å². The first kappa shape index (κ1) is 15.8. The molecule has 1 aromatic carbocycles. The number of rotatable bonds is 5. The molecule has 4 nitrogen and oxygen atoms in total. The molecular weight excluding hydrogens is 264 g/mol. The zero-order valence-corrected chi connectivity index (χ0v) is 13.3. The van der Waals surface area contributed by atoms with E-state index in [4.69, 9.17) is 4.74 Å². The molecule has 2 rings (SSSR count). The van der Waals surface area contributed by atoms with Gasteiger partial charge in [0, 0.05) is 19.0 Å². The number of methoxy groups -OCH3 is 1. The number of ether oxygens (including phenoxy) is 1. The number of hydrogen-bond acceptors (Lipinski definition) is 3. The van der Waals surface area contributed by atoms with Gasteiger partial charge >= 0.3 is 0 Å². The summed E-state index contributed by atoms with van der Waals surface area (Å²) in [6.07, 6.45) is 2.43. The Morgan fingerprint density at radius 3 is 2.67 bits per heavy atom. The second kappa shape index (κ2) is 7.46. The summed E-state index contributed by atoms with van der Waals surface area (Å²) in [6.45, 7) is 6.65. The molecular formula is C17H26N2O2. The molecule has 0 bridgehead atoms. The lowest BCUT2D eigenvalue weighted by Gasteiger charge is -2.37. The summed E-state index contributed by atoms with van der Waals surface area (Å²) >= 11 is 0. The van der Waals surface area contributed by atoms with Gasteiger partial charge in [0.05, 0.1) is 13.2 Å². The van der Waals surface area contributed by atoms with Gasteiger partial charge in [0.2, 0.25) is 5.91 Å². The van der Waals surface area contributed by atoms with Crippen LogP contribution in [0.4, 0.5) is 0 Å². The fourth-order valence-corrected chi connectivity index (χ4v) is 2.96. The van der Waals surface area contributed by atoms with Gasteiger partial charge in [-0.25, -0.2) is 0 Å². The third-order valence-corrected chi connectivity index (χ3v) is 4.30. The monoisotopic (exact) mass is 290 g/mol. The Morgan fingerprint density at radius 1 is 1.38 bits per heavy atom. The minimum Gasteiger partial charge on any atom is -0.496 e. The van der Waals surface area contributed by atoms with Crippen molar-refractivity contribution in [1.82, 2.24) is 10.2 Å². The van der Waals surface area contributed by atoms with Crippen LogP contribution in [0, 0.1) is 5.92 Å². The fourth-order valence-electron chi connectivity index (χ4n) is 2.96. The van der Waals surface area contributed by atoms with Crippen molar-refractivity contribution >= 4 is 5.91 Å². The van der Waals surface area contributed by atoms with Crippen LogP contribution in [-0.4, -0.2) is 37.6 Å². The SMILES string of the molecule is COc1ccccc1C(CNC(C)=O)N1CCC(C)CC1. The Bertz CT molecular complexity index is 468. The molecule has 1 aliphatic heterocycles. The van der Waals surface area contributed by atoms with Crippen LogP contribution in [0.3, 0.4) is 0 Å². The van der Waals surface area contributed by atoms with E-state index >= 15 is 0 Å². The van der Waals surface area contributed by atoms with E-state index in [0.29, 0.717) is 6.54 Å². The predicted octanol–water partition coefficient (Wildman–Crippen LogP) is 2.60. The minimum atomic E-state index is 0.0141. The van der Waals surface area contributed by atoms with Gasteiger partial charge in [0.1, 0.15) is 5.75 Å². The van der Waals surface area contributed by atoms with Crippen LogP contribution < -0.4 is 10.1 Å². The van der Waals surface area contributed by atoms with Crippen molar-refractivity contribution in [2.75, 3.05) is 26.7 Å². The summed E-state index contributed by atoms with van der Waals surface area (Å²) in [4.78, 5) is 13.8. The fraction of sp³-hybridized carbons (Fsp3) is 0.588. The average Bonchev–Trinajstić information content (AvgIpc) is 2.49. The summed E-state index contributed by atoms with van der Waals surface area (Å²) in [6, 6.07) is 8.28. The molecule has 0 saturated carbocycles. The molecule has 4 heteroatoms. The van der Waals surface area contributed by atoms with E-state index in [1.807, 2.05) is 18.2 Å². The van der Waals surface area contributed by atoms with E-state index in [2.05, 4.69) is 23.2 Å². The van der Waals surface area contributed by atoms with Crippen molar-refractivity contribution in [2.45, 2.75) is 32.7 Å². The maximum atomic E-state index is 11.3. The first-order valence-corrected chi connectivity index (χ1v) is 7.73. The highest BCUT2D eigenvalue weighted by Crippen LogP contribution is 2.31. The van der Waals surface area contributed by atoms with Crippen LogP contribution in [-0.2, 0) is 4.79 Å². The van der Waals surface area contributed by atoms with Gasteiger partial charge in [-0.05, 0) is 37.9 Å². The Labute approximate surface area is 127 Å². The van der Waals surface area contributed by atoms with Crippen molar-refractivity contribution in [2.24, 2.45) is 5.92 Å². The molecule has 1 aromatic rings. The first-order chi connectivity index (χ1) is 10.1. The third kappa shape index (κ3) is 4.21. The number of benzene rings is 1. The van der Waals surface area contributed by atoms with E-state index in [1.54, 1.807) is 14.0 Å². The van der Waals surface area contributed by atoms with Gasteiger partial charge in [0.15, 0.2) is 0 Å². The van der Waals surface area contributed by atoms with Crippen molar-refractivity contribution < 1.29 is 9.53 Å². The Morgan fingerprint density at radius 2 is 2.05 bits per heavy atom. The molecule has 21 heavy (non-hydrogen) atoms. The van der Waals surface area contributed by atoms with E-state index < -0.39 is 0 Å². The third-order valence-electron chi connectivity index (χ3n) is 4.30. The second-order valence-electron chi connectivity index (χ2n) is 5.91. The highest BCUT2D eigenvalue weighted by molar-refractivity contribution is 5.72. The first-order valence-electron chi connectivity index (χ1n) is 7.73. The second-order valence-corrected chi connectivity index (χ2v) is 5.91. The summed E-state index contributed by atoms with van der Waals surface area (Å²) in [5.74, 6) is 1.70. The molecule has 1 heterocycles. The maximum absolute atomic E-state index is 11.3. The number of amides is 1. The van der Waals surface area contributed by atoms with E-state index in [9.17, 15) is 4.79 Å². The van der Waals surface area contributed by atoms with Crippen molar-refractivity contribution in [3.8, 4) is 5.75 Å². The van der Waals surface area contributed by atoms with Crippen molar-refractivity contribution in [3.63, 3.8) is 0 Å². The van der Waals surface area contributed by atoms with Crippen molar-refractivity contribution in [1.29, 1.82) is 0 Å². The number of piperidine rings is 1. The number of nitrogens with one attached hydrogen (secondary N) is 1. The lowest BCUT2D eigenvalue weighted by atomic mass is 9.95. The number of nitrogens with zero attached hydrogens (tertiary/aromatic N) is 1. The molecule has 0 spiro atoms. The summed E-state index contributed by atoms with van der Waals surface area (Å²) in [5.41, 5.74) is 1.16. The Kier molecular flexibility index (Phi) is 5.62. The standard InChI is InChI=1S/C17H26N2O2/c1-13-8-10-19(11-9-13)16(12-18-14(2)20)15-6-4-5-7-17(15)21-3/h4-7,13,16H,8-12H2,1-3H3,(H,18,20). The van der Waals surface area contributed by atoms with E-state index in [-0.39, 0.29) is 11.9 Å². The molecule has 1 aliphatic rings. The number of para-hydroxylation sites is 1. The number of carbonyl (C=O) groups excluding carboxylic acids is 1. The van der Waals surface area contributed by atoms with Crippen LogP contribution in [0.5, 0.6) is 5.75 Å². The van der Waals surface area contributed by atoms with Gasteiger partial charge in [-0.1, -0.05) is 25.1 Å². The molecule has 1 fully saturated rings. The molecule has 116 valence electrons. The quantitative estimate of drug-likeness (QED) is 0.906. The Hall–Kier alpha value is -1.55. The molecule has 1 N–H and O–H groups in total. The van der Waals surface area contributed by atoms with Crippen LogP contribution >= 0.6 is 0 Å². The lowest BCUT2D eigenvalue weighted by molar-refractivity contribution is -0.119. The predicted molar refractivity (Wildman–Crippen MR) is 84.4 cm³/mol. The minimum absolute atomic E-state index is 0.0141. The average molecular weight is 290 g/mol. The molecule has 1 amide bonds. The summed E-state index contributed by atoms with van der Waals surface area (Å²) in [5, 5.41) is 2.97. The zero-order valence-electron chi connectivity index (χ0n) is 13.3. The van der Waals surface area contributed by atoms with Crippen LogP contribution in [0.1, 0.15) is 38.3 Å². The van der Waals surface area contributed by atoms with Gasteiger partial charge < -0.3 is 10.1 Å². The van der Waals surface area contributed by atoms with Gasteiger partial charge in [-0.15, -0.1) is 0 Å². The van der Waals surface area contributed by atoms with Gasteiger partial charge in [-0.2, -0.15) is 0 Å². The largest absolute Gasteiger partial charge is 0.496 e. The summed E-state index contributed by atoms with van der Waals surface area (Å²) in [7, 11) is 1.70. The number of carbonyl (C=O) groups is 1. The smallest absolute Gasteiger partial charge is 0.216 e. The van der Waals surface area contributed by atoms with Crippen LogP contribution in [0.2, 0.25) is 0 Å². The highest BCUT2D eigenvalue weighted by Gasteiger charge is 2.26. The topological polar surface area (TPSA) is 41.6 Å². The van der Waals surface area contributed by atoms with E-state index in [0.717, 1.165) is 30.3 Å². The number of likely N-dealkylation sites (tertiary alicyclic amines) is 1. The molecule has 1 saturated heterocycles. The van der Waals surface area contributed by atoms with Crippen LogP contribution in [0.15, 0.2) is 24.3 Å². The maximum Gasteiger partial charge on any atom is 0.216 e. The normalized spacial score (nSPS) is 18.2. The molecule has 0 aromatic heterocycles.